The monoisotopic (exact) mass is 340 g/mol. The summed E-state index contributed by atoms with van der Waals surface area (Å²) in [5.74, 6) is -1.67. The second kappa shape index (κ2) is 18.9. The Labute approximate surface area is 132 Å². The third kappa shape index (κ3) is 48.0. The van der Waals surface area contributed by atoms with Gasteiger partial charge in [-0.1, -0.05) is 0 Å². The van der Waals surface area contributed by atoms with Crippen LogP contribution in [0.1, 0.15) is 13.8 Å². The molecular formula is C14H18O4Zr. The third-order valence-corrected chi connectivity index (χ3v) is 1.11. The van der Waals surface area contributed by atoms with Crippen LogP contribution in [0.15, 0.2) is 60.7 Å². The average Bonchev–Trinajstić information content (AvgIpc) is 2.96. The Bertz CT molecular complexity index is 285. The summed E-state index contributed by atoms with van der Waals surface area (Å²) in [4.78, 5) is 18.0. The summed E-state index contributed by atoms with van der Waals surface area (Å²) in [6, 6.07) is 20.0. The molecule has 0 aliphatic carbocycles. The molecule has 0 saturated heterocycles. The van der Waals surface area contributed by atoms with Crippen LogP contribution >= 0.6 is 0 Å². The van der Waals surface area contributed by atoms with Gasteiger partial charge in [-0.3, -0.25) is 9.59 Å². The molecule has 2 rings (SSSR count). The molecule has 2 aromatic rings. The number of carboxylic acid groups (broad SMARTS) is 2. The van der Waals surface area contributed by atoms with Crippen molar-refractivity contribution in [3.63, 3.8) is 0 Å². The van der Waals surface area contributed by atoms with Crippen LogP contribution in [-0.2, 0) is 35.8 Å². The van der Waals surface area contributed by atoms with E-state index in [2.05, 4.69) is 0 Å². The predicted molar refractivity (Wildman–Crippen MR) is 70.7 cm³/mol. The minimum atomic E-state index is -0.833. The SMILES string of the molecule is CC(=O)O.CC(=O)O.[Zr+2].c1cc[cH-]c1.c1cc[cH-]c1. The molecule has 102 valence electrons. The second-order valence-electron chi connectivity index (χ2n) is 2.96. The van der Waals surface area contributed by atoms with Crippen molar-refractivity contribution in [3.05, 3.63) is 60.7 Å². The molecule has 5 heteroatoms. The normalized spacial score (nSPS) is 6.84. The predicted octanol–water partition coefficient (Wildman–Crippen LogP) is 2.99. The zero-order chi connectivity index (χ0) is 14.2. The summed E-state index contributed by atoms with van der Waals surface area (Å²) in [5.41, 5.74) is 0. The van der Waals surface area contributed by atoms with E-state index < -0.39 is 11.9 Å². The van der Waals surface area contributed by atoms with Gasteiger partial charge < -0.3 is 10.2 Å². The molecule has 4 nitrogen and oxygen atoms in total. The van der Waals surface area contributed by atoms with Crippen molar-refractivity contribution in [2.75, 3.05) is 0 Å². The van der Waals surface area contributed by atoms with Crippen molar-refractivity contribution in [2.24, 2.45) is 0 Å². The Hall–Kier alpha value is -1.48. The topological polar surface area (TPSA) is 74.6 Å². The average molecular weight is 342 g/mol. The fraction of sp³-hybridized carbons (Fsp3) is 0.143. The largest absolute Gasteiger partial charge is 2.00 e. The van der Waals surface area contributed by atoms with Crippen molar-refractivity contribution in [1.29, 1.82) is 0 Å². The van der Waals surface area contributed by atoms with Gasteiger partial charge in [-0.25, -0.2) is 24.3 Å². The first-order valence-corrected chi connectivity index (χ1v) is 5.19. The molecule has 0 aliphatic heterocycles. The van der Waals surface area contributed by atoms with E-state index in [1.807, 2.05) is 60.7 Å². The van der Waals surface area contributed by atoms with Gasteiger partial charge in [-0.05, 0) is 0 Å². The molecule has 0 bridgehead atoms. The molecule has 19 heavy (non-hydrogen) atoms. The van der Waals surface area contributed by atoms with E-state index in [9.17, 15) is 0 Å². The molecule has 0 aliphatic rings. The number of carboxylic acids is 2. The molecule has 0 spiro atoms. The third-order valence-electron chi connectivity index (χ3n) is 1.11. The Morgan fingerprint density at radius 2 is 0.895 bits per heavy atom. The number of rotatable bonds is 0. The van der Waals surface area contributed by atoms with Crippen molar-refractivity contribution in [2.45, 2.75) is 13.8 Å². The van der Waals surface area contributed by atoms with Gasteiger partial charge in [-0.2, -0.15) is 36.4 Å². The van der Waals surface area contributed by atoms with Crippen LogP contribution in [0.5, 0.6) is 0 Å². The summed E-state index contributed by atoms with van der Waals surface area (Å²) in [5, 5.41) is 14.8. The first-order valence-electron chi connectivity index (χ1n) is 5.19. The zero-order valence-electron chi connectivity index (χ0n) is 11.0. The molecule has 2 N–H and O–H groups in total. The van der Waals surface area contributed by atoms with Crippen LogP contribution < -0.4 is 0 Å². The van der Waals surface area contributed by atoms with E-state index in [4.69, 9.17) is 19.8 Å². The Morgan fingerprint density at radius 3 is 0.947 bits per heavy atom. The number of carbonyl (C=O) groups is 2. The van der Waals surface area contributed by atoms with Gasteiger partial charge in [0.05, 0.1) is 0 Å². The maximum absolute atomic E-state index is 9.00. The van der Waals surface area contributed by atoms with Crippen molar-refractivity contribution in [1.82, 2.24) is 0 Å². The minimum absolute atomic E-state index is 0. The van der Waals surface area contributed by atoms with Gasteiger partial charge in [0, 0.05) is 13.8 Å². The maximum atomic E-state index is 9.00. The summed E-state index contributed by atoms with van der Waals surface area (Å²) >= 11 is 0. The molecule has 0 atom stereocenters. The fourth-order valence-electron chi connectivity index (χ4n) is 0.642. The second-order valence-corrected chi connectivity index (χ2v) is 2.96. The van der Waals surface area contributed by atoms with Gasteiger partial charge in [-0.15, -0.1) is 0 Å². The van der Waals surface area contributed by atoms with Crippen LogP contribution in [0.2, 0.25) is 0 Å². The molecule has 0 radical (unpaired) electrons. The smallest absolute Gasteiger partial charge is 0.481 e. The van der Waals surface area contributed by atoms with Crippen LogP contribution in [0.25, 0.3) is 0 Å². The quantitative estimate of drug-likeness (QED) is 0.722. The first-order chi connectivity index (χ1) is 8.46. The van der Waals surface area contributed by atoms with Crippen molar-refractivity contribution >= 4 is 11.9 Å². The molecule has 0 amide bonds. The fourth-order valence-corrected chi connectivity index (χ4v) is 0.642. The van der Waals surface area contributed by atoms with Crippen molar-refractivity contribution in [3.8, 4) is 0 Å². The van der Waals surface area contributed by atoms with E-state index in [0.29, 0.717) is 0 Å². The molecule has 0 aromatic heterocycles. The zero-order valence-corrected chi connectivity index (χ0v) is 13.4. The standard InChI is InChI=1S/2C5H5.2C2H4O2.Zr/c2*1-2-4-5-3-1;2*1-2(3)4;/h2*1-5H;2*1H3,(H,3,4);/q2*-1;;;+2. The molecule has 0 unspecified atom stereocenters. The van der Waals surface area contributed by atoms with Gasteiger partial charge in [0.15, 0.2) is 0 Å². The molecule has 0 heterocycles. The van der Waals surface area contributed by atoms with Gasteiger partial charge >= 0.3 is 26.2 Å². The van der Waals surface area contributed by atoms with E-state index in [-0.39, 0.29) is 26.2 Å². The van der Waals surface area contributed by atoms with Gasteiger partial charge in [0.25, 0.3) is 11.9 Å². The maximum Gasteiger partial charge on any atom is 2.00 e. The summed E-state index contributed by atoms with van der Waals surface area (Å²) in [7, 11) is 0. The molecule has 2 aromatic carbocycles. The number of hydrogen-bond donors (Lipinski definition) is 2. The van der Waals surface area contributed by atoms with Crippen LogP contribution in [0, 0.1) is 0 Å². The Balaban J connectivity index is -0.000000178. The minimum Gasteiger partial charge on any atom is -0.481 e. The van der Waals surface area contributed by atoms with E-state index >= 15 is 0 Å². The summed E-state index contributed by atoms with van der Waals surface area (Å²) < 4.78 is 0. The van der Waals surface area contributed by atoms with E-state index in [1.165, 1.54) is 0 Å². The van der Waals surface area contributed by atoms with Gasteiger partial charge in [0.1, 0.15) is 0 Å². The number of aliphatic carboxylic acids is 2. The van der Waals surface area contributed by atoms with Crippen LogP contribution in [0.3, 0.4) is 0 Å². The molecular weight excluding hydrogens is 323 g/mol. The van der Waals surface area contributed by atoms with Crippen molar-refractivity contribution < 1.29 is 46.0 Å². The molecule has 0 saturated carbocycles. The summed E-state index contributed by atoms with van der Waals surface area (Å²) in [6.07, 6.45) is 0. The van der Waals surface area contributed by atoms with Crippen LogP contribution in [-0.4, -0.2) is 22.2 Å². The summed E-state index contributed by atoms with van der Waals surface area (Å²) in [6.45, 7) is 2.17. The first kappa shape index (κ1) is 22.7. The Morgan fingerprint density at radius 1 is 0.737 bits per heavy atom. The number of hydrogen-bond acceptors (Lipinski definition) is 2. The van der Waals surface area contributed by atoms with E-state index in [1.54, 1.807) is 0 Å². The Kier molecular flexibility index (Phi) is 22.5. The van der Waals surface area contributed by atoms with Gasteiger partial charge in [0.2, 0.25) is 0 Å². The molecule has 0 fully saturated rings. The van der Waals surface area contributed by atoms with Crippen LogP contribution in [0.4, 0.5) is 0 Å². The van der Waals surface area contributed by atoms with E-state index in [0.717, 1.165) is 13.8 Å².